The quantitative estimate of drug-likeness (QED) is 0.782. The molecule has 1 heterocycles. The highest BCUT2D eigenvalue weighted by Gasteiger charge is 2.13. The molecule has 1 rings (SSSR count). The molecule has 0 aromatic carbocycles. The monoisotopic (exact) mass is 277 g/mol. The number of pyridine rings is 1. The van der Waals surface area contributed by atoms with Crippen LogP contribution in [0.15, 0.2) is 18.3 Å². The molecule has 1 aromatic rings. The number of anilines is 1. The Morgan fingerprint density at radius 2 is 1.70 bits per heavy atom. The highest BCUT2D eigenvalue weighted by atomic mass is 15.2. The van der Waals surface area contributed by atoms with Gasteiger partial charge in [0.2, 0.25) is 0 Å². The zero-order chi connectivity index (χ0) is 15.1. The van der Waals surface area contributed by atoms with E-state index in [1.54, 1.807) is 0 Å². The van der Waals surface area contributed by atoms with Gasteiger partial charge in [-0.1, -0.05) is 34.6 Å². The van der Waals surface area contributed by atoms with Gasteiger partial charge in [0, 0.05) is 25.3 Å². The van der Waals surface area contributed by atoms with Crippen molar-refractivity contribution in [1.82, 2.24) is 10.3 Å². The number of aromatic nitrogens is 1. The molecule has 114 valence electrons. The van der Waals surface area contributed by atoms with E-state index in [2.05, 4.69) is 68.9 Å². The Hall–Kier alpha value is -1.09. The number of hydrogen-bond donors (Lipinski definition) is 1. The van der Waals surface area contributed by atoms with Crippen LogP contribution in [0.2, 0.25) is 0 Å². The van der Waals surface area contributed by atoms with Crippen LogP contribution < -0.4 is 10.2 Å². The SMILES string of the molecule is CCNC(C)c1ccnc(N(CC(C)C)CC(C)C)c1. The van der Waals surface area contributed by atoms with Crippen LogP contribution in [0, 0.1) is 11.8 Å². The van der Waals surface area contributed by atoms with Gasteiger partial charge in [0.15, 0.2) is 0 Å². The van der Waals surface area contributed by atoms with Crippen LogP contribution in [0.1, 0.15) is 53.1 Å². The summed E-state index contributed by atoms with van der Waals surface area (Å²) in [5.41, 5.74) is 1.31. The normalized spacial score (nSPS) is 13.0. The van der Waals surface area contributed by atoms with E-state index in [1.165, 1.54) is 5.56 Å². The standard InChI is InChI=1S/C17H31N3/c1-7-18-15(6)16-8-9-19-17(10-16)20(11-13(2)3)12-14(4)5/h8-10,13-15,18H,7,11-12H2,1-6H3. The second-order valence-electron chi connectivity index (χ2n) is 6.42. The van der Waals surface area contributed by atoms with Crippen molar-refractivity contribution >= 4 is 5.82 Å². The van der Waals surface area contributed by atoms with Gasteiger partial charge in [-0.05, 0) is 43.0 Å². The average Bonchev–Trinajstić information content (AvgIpc) is 2.37. The summed E-state index contributed by atoms with van der Waals surface area (Å²) in [5, 5.41) is 3.46. The van der Waals surface area contributed by atoms with Crippen molar-refractivity contribution in [3.63, 3.8) is 0 Å². The first kappa shape index (κ1) is 17.0. The second kappa shape index (κ2) is 8.25. The summed E-state index contributed by atoms with van der Waals surface area (Å²) in [5.74, 6) is 2.39. The van der Waals surface area contributed by atoms with E-state index in [1.807, 2.05) is 6.20 Å². The molecule has 0 radical (unpaired) electrons. The molecule has 0 aliphatic carbocycles. The molecule has 0 amide bonds. The lowest BCUT2D eigenvalue weighted by Gasteiger charge is -2.28. The highest BCUT2D eigenvalue weighted by molar-refractivity contribution is 5.42. The second-order valence-corrected chi connectivity index (χ2v) is 6.42. The molecule has 1 unspecified atom stereocenters. The predicted molar refractivity (Wildman–Crippen MR) is 88.2 cm³/mol. The maximum Gasteiger partial charge on any atom is 0.128 e. The first-order chi connectivity index (χ1) is 9.43. The topological polar surface area (TPSA) is 28.2 Å². The Bertz CT molecular complexity index is 378. The zero-order valence-electron chi connectivity index (χ0n) is 14.0. The minimum atomic E-state index is 0.377. The van der Waals surface area contributed by atoms with Gasteiger partial charge in [-0.2, -0.15) is 0 Å². The van der Waals surface area contributed by atoms with E-state index in [-0.39, 0.29) is 0 Å². The lowest BCUT2D eigenvalue weighted by Crippen LogP contribution is -2.32. The summed E-state index contributed by atoms with van der Waals surface area (Å²) >= 11 is 0. The molecule has 0 aliphatic rings. The van der Waals surface area contributed by atoms with Crippen LogP contribution in [-0.4, -0.2) is 24.6 Å². The fourth-order valence-corrected chi connectivity index (χ4v) is 2.44. The van der Waals surface area contributed by atoms with Crippen LogP contribution in [0.25, 0.3) is 0 Å². The van der Waals surface area contributed by atoms with Crippen molar-refractivity contribution in [3.05, 3.63) is 23.9 Å². The number of hydrogen-bond acceptors (Lipinski definition) is 3. The van der Waals surface area contributed by atoms with Crippen molar-refractivity contribution in [2.75, 3.05) is 24.5 Å². The third kappa shape index (κ3) is 5.49. The van der Waals surface area contributed by atoms with Gasteiger partial charge >= 0.3 is 0 Å². The Morgan fingerprint density at radius 1 is 1.10 bits per heavy atom. The molecule has 0 fully saturated rings. The smallest absolute Gasteiger partial charge is 0.128 e. The first-order valence-corrected chi connectivity index (χ1v) is 7.88. The van der Waals surface area contributed by atoms with Crippen molar-refractivity contribution in [1.29, 1.82) is 0 Å². The molecular formula is C17H31N3. The minimum Gasteiger partial charge on any atom is -0.356 e. The maximum absolute atomic E-state index is 4.59. The molecule has 0 aliphatic heterocycles. The Balaban J connectivity index is 2.92. The molecule has 1 aromatic heterocycles. The molecule has 3 nitrogen and oxygen atoms in total. The lowest BCUT2D eigenvalue weighted by atomic mass is 10.1. The Morgan fingerprint density at radius 3 is 2.20 bits per heavy atom. The molecule has 20 heavy (non-hydrogen) atoms. The van der Waals surface area contributed by atoms with E-state index >= 15 is 0 Å². The minimum absolute atomic E-state index is 0.377. The summed E-state index contributed by atoms with van der Waals surface area (Å²) in [7, 11) is 0. The van der Waals surface area contributed by atoms with Gasteiger partial charge in [-0.15, -0.1) is 0 Å². The van der Waals surface area contributed by atoms with E-state index in [4.69, 9.17) is 0 Å². The molecule has 0 saturated heterocycles. The van der Waals surface area contributed by atoms with E-state index < -0.39 is 0 Å². The zero-order valence-corrected chi connectivity index (χ0v) is 14.0. The molecule has 1 atom stereocenters. The van der Waals surface area contributed by atoms with Crippen LogP contribution >= 0.6 is 0 Å². The number of nitrogens with one attached hydrogen (secondary N) is 1. The summed E-state index contributed by atoms with van der Waals surface area (Å²) < 4.78 is 0. The Kier molecular flexibility index (Phi) is 7.00. The molecule has 0 saturated carbocycles. The van der Waals surface area contributed by atoms with Crippen molar-refractivity contribution in [2.24, 2.45) is 11.8 Å². The van der Waals surface area contributed by atoms with Gasteiger partial charge in [-0.3, -0.25) is 0 Å². The van der Waals surface area contributed by atoms with Gasteiger partial charge in [0.25, 0.3) is 0 Å². The molecule has 0 bridgehead atoms. The maximum atomic E-state index is 4.59. The molecular weight excluding hydrogens is 246 g/mol. The van der Waals surface area contributed by atoms with Gasteiger partial charge in [0.1, 0.15) is 5.82 Å². The summed E-state index contributed by atoms with van der Waals surface area (Å²) in [6.07, 6.45) is 1.94. The number of nitrogens with zero attached hydrogens (tertiary/aromatic N) is 2. The number of rotatable bonds is 8. The van der Waals surface area contributed by atoms with Crippen molar-refractivity contribution in [3.8, 4) is 0 Å². The largest absolute Gasteiger partial charge is 0.356 e. The van der Waals surface area contributed by atoms with Crippen molar-refractivity contribution in [2.45, 2.75) is 47.6 Å². The molecule has 1 N–H and O–H groups in total. The van der Waals surface area contributed by atoms with Gasteiger partial charge in [0.05, 0.1) is 0 Å². The third-order valence-corrected chi connectivity index (χ3v) is 3.27. The summed E-state index contributed by atoms with van der Waals surface area (Å²) in [6.45, 7) is 16.5. The average molecular weight is 277 g/mol. The highest BCUT2D eigenvalue weighted by Crippen LogP contribution is 2.20. The van der Waals surface area contributed by atoms with Crippen LogP contribution in [0.5, 0.6) is 0 Å². The predicted octanol–water partition coefficient (Wildman–Crippen LogP) is 3.87. The summed E-state index contributed by atoms with van der Waals surface area (Å²) in [4.78, 5) is 7.00. The molecule has 0 spiro atoms. The molecule has 3 heteroatoms. The van der Waals surface area contributed by atoms with Crippen LogP contribution in [-0.2, 0) is 0 Å². The van der Waals surface area contributed by atoms with E-state index in [9.17, 15) is 0 Å². The van der Waals surface area contributed by atoms with E-state index in [0.29, 0.717) is 17.9 Å². The first-order valence-electron chi connectivity index (χ1n) is 7.88. The van der Waals surface area contributed by atoms with E-state index in [0.717, 1.165) is 25.5 Å². The van der Waals surface area contributed by atoms with Gasteiger partial charge in [-0.25, -0.2) is 4.98 Å². The van der Waals surface area contributed by atoms with Crippen LogP contribution in [0.4, 0.5) is 5.82 Å². The fourth-order valence-electron chi connectivity index (χ4n) is 2.44. The third-order valence-electron chi connectivity index (χ3n) is 3.27. The van der Waals surface area contributed by atoms with Crippen LogP contribution in [0.3, 0.4) is 0 Å². The Labute approximate surface area is 124 Å². The lowest BCUT2D eigenvalue weighted by molar-refractivity contribution is 0.547. The van der Waals surface area contributed by atoms with Gasteiger partial charge < -0.3 is 10.2 Å². The summed E-state index contributed by atoms with van der Waals surface area (Å²) in [6, 6.07) is 4.72. The van der Waals surface area contributed by atoms with Crippen molar-refractivity contribution < 1.29 is 0 Å². The fraction of sp³-hybridized carbons (Fsp3) is 0.706.